The van der Waals surface area contributed by atoms with Gasteiger partial charge in [0, 0.05) is 101 Å². The lowest BCUT2D eigenvalue weighted by atomic mass is 9.99. The molecular formula is C66H85Cl3N18O6S2. The predicted octanol–water partition coefficient (Wildman–Crippen LogP) is 12.1. The zero-order valence-electron chi connectivity index (χ0n) is 55.1. The van der Waals surface area contributed by atoms with E-state index in [2.05, 4.69) is 114 Å². The van der Waals surface area contributed by atoms with Gasteiger partial charge in [-0.1, -0.05) is 49.9 Å². The molecule has 0 spiro atoms. The number of piperidine rings is 2. The van der Waals surface area contributed by atoms with Crippen LogP contribution in [0.5, 0.6) is 11.5 Å². The molecule has 0 unspecified atom stereocenters. The first-order valence-electron chi connectivity index (χ1n) is 32.2. The van der Waals surface area contributed by atoms with Gasteiger partial charge in [-0.25, -0.2) is 26.8 Å². The number of likely N-dealkylation sites (tertiary alicyclic amines) is 2. The van der Waals surface area contributed by atoms with Crippen molar-refractivity contribution in [3.05, 3.63) is 112 Å². The van der Waals surface area contributed by atoms with Gasteiger partial charge in [0.15, 0.2) is 11.6 Å². The molecule has 4 aromatic carbocycles. The third-order valence-corrected chi connectivity index (χ3v) is 20.9. The van der Waals surface area contributed by atoms with E-state index < -0.39 is 20.0 Å². The van der Waals surface area contributed by atoms with E-state index in [1.54, 1.807) is 44.7 Å². The lowest BCUT2D eigenvalue weighted by Gasteiger charge is -2.38. The minimum Gasteiger partial charge on any atom is -0.495 e. The van der Waals surface area contributed by atoms with Crippen LogP contribution in [0.15, 0.2) is 85.7 Å². The summed E-state index contributed by atoms with van der Waals surface area (Å²) >= 11 is 18.4. The van der Waals surface area contributed by atoms with Crippen LogP contribution >= 0.6 is 34.8 Å². The van der Waals surface area contributed by atoms with Crippen molar-refractivity contribution in [3.63, 3.8) is 0 Å². The van der Waals surface area contributed by atoms with E-state index in [0.29, 0.717) is 68.4 Å². The fraction of sp³-hybridized carbons (Fsp3) is 0.455. The molecule has 0 radical (unpaired) electrons. The molecule has 5 N–H and O–H groups in total. The van der Waals surface area contributed by atoms with Gasteiger partial charge in [0.25, 0.3) is 0 Å². The van der Waals surface area contributed by atoms with E-state index in [1.165, 1.54) is 145 Å². The number of nitrogens with zero attached hydrogens (tertiary/aromatic N) is 14. The van der Waals surface area contributed by atoms with Crippen molar-refractivity contribution in [2.75, 3.05) is 133 Å². The van der Waals surface area contributed by atoms with E-state index in [9.17, 15) is 16.8 Å². The SMILES string of the molecule is CCCc1cc(N)c(OC)cc1N1CCC(N2CCCC2)CC1.CCCc1cc(Nc2ncc(Cl)c(Nc3ccc4nccnc4c3N(C)S(C)(=O)=O)n2)c(OC)cc1N1CCC(N2CCCC2)CC1.CN(c1c(Nc2nc(Cl)ncc2Cl)ccc2nccnc12)S(C)(=O)=O. The Balaban J connectivity index is 0.000000172. The number of rotatable bonds is 20. The van der Waals surface area contributed by atoms with Crippen LogP contribution in [0.2, 0.25) is 15.3 Å². The summed E-state index contributed by atoms with van der Waals surface area (Å²) in [6, 6.07) is 16.9. The minimum atomic E-state index is -3.63. The van der Waals surface area contributed by atoms with E-state index in [0.717, 1.165) is 96.2 Å². The number of aryl methyl sites for hydroxylation is 2. The zero-order valence-corrected chi connectivity index (χ0v) is 59.0. The van der Waals surface area contributed by atoms with Crippen molar-refractivity contribution in [1.29, 1.82) is 0 Å². The van der Waals surface area contributed by atoms with E-state index in [-0.39, 0.29) is 21.1 Å². The Hall–Kier alpha value is -7.59. The highest BCUT2D eigenvalue weighted by Crippen LogP contribution is 2.42. The standard InChI is InChI=1S/C33H42ClN9O3S.C19H31N3O.C14H12Cl2N6O2S/c1-5-8-22-19-27(29(46-3)20-28(22)43-17-11-23(12-18-43)42-15-6-7-16-42)39-33-37-21-24(34)32(40-33)38-26-10-9-25-30(36-14-13-35-25)31(26)41(2)47(4,44)45;1-3-6-15-13-17(20)19(23-2)14-18(15)22-11-7-16(8-12-22)21-9-4-5-10-21;1-22(25(2,23)24)12-10(4-3-9-11(12)18-6-5-17-9)20-13-8(15)7-19-14(16)21-13/h9-10,13-14,19-21,23H,5-8,11-12,15-18H2,1-4H3,(H2,37,38,39,40);13-14,16H,3-12,20H2,1-2H3;3-7H,1-2H3,(H,19,20,21). The van der Waals surface area contributed by atoms with Gasteiger partial charge in [0.05, 0.1) is 72.9 Å². The van der Waals surface area contributed by atoms with Gasteiger partial charge >= 0.3 is 0 Å². The molecule has 0 atom stereocenters. The van der Waals surface area contributed by atoms with Gasteiger partial charge in [0.1, 0.15) is 44.0 Å². The monoisotopic (exact) mass is 1390 g/mol. The summed E-state index contributed by atoms with van der Waals surface area (Å²) in [6.07, 6.45) is 25.6. The maximum absolute atomic E-state index is 12.6. The molecule has 0 bridgehead atoms. The highest BCUT2D eigenvalue weighted by molar-refractivity contribution is 7.92. The number of hydrogen-bond donors (Lipinski definition) is 4. The van der Waals surface area contributed by atoms with Crippen LogP contribution < -0.4 is 49.6 Å². The van der Waals surface area contributed by atoms with Gasteiger partial charge in [-0.2, -0.15) is 9.97 Å². The second-order valence-corrected chi connectivity index (χ2v) is 29.3. The second kappa shape index (κ2) is 31.5. The maximum atomic E-state index is 12.6. The summed E-state index contributed by atoms with van der Waals surface area (Å²) in [5, 5.41) is 10.0. The van der Waals surface area contributed by atoms with Crippen LogP contribution in [0.4, 0.5) is 63.1 Å². The van der Waals surface area contributed by atoms with Crippen molar-refractivity contribution in [2.45, 2.75) is 103 Å². The lowest BCUT2D eigenvalue weighted by Crippen LogP contribution is -2.44. The number of methoxy groups -OCH3 is 2. The number of nitrogens with two attached hydrogens (primary N) is 1. The topological polar surface area (TPSA) is 271 Å². The summed E-state index contributed by atoms with van der Waals surface area (Å²) in [5.74, 6) is 2.34. The summed E-state index contributed by atoms with van der Waals surface area (Å²) in [4.78, 5) is 44.5. The largest absolute Gasteiger partial charge is 0.495 e. The molecule has 4 aromatic heterocycles. The fourth-order valence-electron chi connectivity index (χ4n) is 12.9. The summed E-state index contributed by atoms with van der Waals surface area (Å²) in [5.41, 5.74) is 16.2. The molecule has 29 heteroatoms. The first kappa shape index (κ1) is 70.2. The Labute approximate surface area is 572 Å². The highest BCUT2D eigenvalue weighted by atomic mass is 35.5. The second-order valence-electron chi connectivity index (χ2n) is 24.2. The zero-order chi connectivity index (χ0) is 67.6. The van der Waals surface area contributed by atoms with Crippen LogP contribution in [-0.2, 0) is 32.9 Å². The molecule has 8 heterocycles. The van der Waals surface area contributed by atoms with Crippen molar-refractivity contribution in [1.82, 2.24) is 49.7 Å². The molecule has 508 valence electrons. The molecule has 4 saturated heterocycles. The number of hydrogen-bond acceptors (Lipinski definition) is 22. The molecule has 0 aliphatic carbocycles. The Kier molecular flexibility index (Phi) is 23.3. The van der Waals surface area contributed by atoms with Gasteiger partial charge in [0.2, 0.25) is 31.3 Å². The Morgan fingerprint density at radius 2 is 0.979 bits per heavy atom. The Bertz CT molecular complexity index is 4210. The predicted molar refractivity (Wildman–Crippen MR) is 385 cm³/mol. The average molecular weight is 1400 g/mol. The summed E-state index contributed by atoms with van der Waals surface area (Å²) in [6.45, 7) is 13.8. The average Bonchev–Trinajstić information content (AvgIpc) is 1.17. The van der Waals surface area contributed by atoms with Crippen LogP contribution in [0, 0.1) is 0 Å². The van der Waals surface area contributed by atoms with Crippen molar-refractivity contribution >= 4 is 140 Å². The third kappa shape index (κ3) is 17.0. The number of ether oxygens (including phenoxy) is 2. The Morgan fingerprint density at radius 3 is 1.43 bits per heavy atom. The first-order chi connectivity index (χ1) is 45.6. The number of nitrogen functional groups attached to an aromatic ring is 1. The molecule has 4 fully saturated rings. The molecule has 4 aliphatic rings. The molecule has 12 rings (SSSR count). The van der Waals surface area contributed by atoms with E-state index >= 15 is 0 Å². The Morgan fingerprint density at radius 1 is 0.547 bits per heavy atom. The number of fused-ring (bicyclic) bond motifs is 2. The number of halogens is 3. The van der Waals surface area contributed by atoms with E-state index in [4.69, 9.17) is 50.0 Å². The first-order valence-corrected chi connectivity index (χ1v) is 37.0. The molecule has 95 heavy (non-hydrogen) atoms. The van der Waals surface area contributed by atoms with Crippen LogP contribution in [0.25, 0.3) is 22.1 Å². The van der Waals surface area contributed by atoms with Crippen LogP contribution in [0.3, 0.4) is 0 Å². The number of anilines is 11. The number of benzene rings is 4. The van der Waals surface area contributed by atoms with Crippen LogP contribution in [-0.4, -0.2) is 172 Å². The summed E-state index contributed by atoms with van der Waals surface area (Å²) in [7, 11) is -0.904. The van der Waals surface area contributed by atoms with Gasteiger partial charge in [-0.3, -0.25) is 28.5 Å². The number of sulfonamides is 2. The molecule has 0 saturated carbocycles. The van der Waals surface area contributed by atoms with Crippen molar-refractivity contribution in [3.8, 4) is 11.5 Å². The quantitative estimate of drug-likeness (QED) is 0.0408. The van der Waals surface area contributed by atoms with Crippen molar-refractivity contribution < 1.29 is 26.3 Å². The normalized spacial score (nSPS) is 15.9. The molecule has 4 aliphatic heterocycles. The molecular weight excluding hydrogens is 1310 g/mol. The third-order valence-electron chi connectivity index (χ3n) is 17.9. The van der Waals surface area contributed by atoms with Crippen molar-refractivity contribution in [2.24, 2.45) is 0 Å². The maximum Gasteiger partial charge on any atom is 0.232 e. The molecule has 8 aromatic rings. The minimum absolute atomic E-state index is 0.00509. The molecule has 0 amide bonds. The van der Waals surface area contributed by atoms with Gasteiger partial charge in [-0.05, 0) is 150 Å². The van der Waals surface area contributed by atoms with Gasteiger partial charge < -0.3 is 50.8 Å². The van der Waals surface area contributed by atoms with E-state index in [1.807, 2.05) is 0 Å². The smallest absolute Gasteiger partial charge is 0.232 e. The van der Waals surface area contributed by atoms with Gasteiger partial charge in [-0.15, -0.1) is 0 Å². The molecule has 24 nitrogen and oxygen atoms in total. The summed E-state index contributed by atoms with van der Waals surface area (Å²) < 4.78 is 63.0. The number of aromatic nitrogens is 8. The van der Waals surface area contributed by atoms with Crippen LogP contribution in [0.1, 0.15) is 89.2 Å². The fourth-order valence-corrected chi connectivity index (χ4v) is 14.4. The lowest BCUT2D eigenvalue weighted by molar-refractivity contribution is 0.208. The highest BCUT2D eigenvalue weighted by Gasteiger charge is 2.31. The number of nitrogens with one attached hydrogen (secondary N) is 3.